The van der Waals surface area contributed by atoms with Gasteiger partial charge in [-0.1, -0.05) is 5.16 Å². The van der Waals surface area contributed by atoms with Crippen LogP contribution in [-0.2, 0) is 33.5 Å². The van der Waals surface area contributed by atoms with Crippen molar-refractivity contribution in [1.29, 1.82) is 0 Å². The summed E-state index contributed by atoms with van der Waals surface area (Å²) in [6.45, 7) is 0.0821. The number of β-lactam (4-membered cyclic amide) rings is 1. The zero-order chi connectivity index (χ0) is 24.3. The fraction of sp³-hybridized carbons (Fsp3) is 0.353. The minimum atomic E-state index is -1.37. The molecule has 178 valence electrons. The third-order valence-electron chi connectivity index (χ3n) is 4.31. The number of hydrogen-bond donors (Lipinski definition) is 4. The van der Waals surface area contributed by atoms with Gasteiger partial charge in [0, 0.05) is 23.6 Å². The van der Waals surface area contributed by atoms with Crippen molar-refractivity contribution in [2.45, 2.75) is 18.3 Å². The molecule has 0 aromatic carbocycles. The molecule has 2 aliphatic rings. The number of nitrogen functional groups attached to an aromatic ring is 1. The molecule has 0 unspecified atom stereocenters. The molecule has 0 bridgehead atoms. The summed E-state index contributed by atoms with van der Waals surface area (Å²) in [7, 11) is 0. The van der Waals surface area contributed by atoms with Crippen LogP contribution >= 0.6 is 23.1 Å². The van der Waals surface area contributed by atoms with Crippen LogP contribution in [-0.4, -0.2) is 115 Å². The molecule has 5 N–H and O–H groups in total. The average molecular weight is 523 g/mol. The van der Waals surface area contributed by atoms with Gasteiger partial charge in [-0.25, -0.2) is 14.6 Å². The van der Waals surface area contributed by atoms with E-state index in [0.717, 1.165) is 16.2 Å². The minimum absolute atomic E-state index is 0. The first-order valence-corrected chi connectivity index (χ1v) is 11.0. The number of rotatable bonds is 9. The van der Waals surface area contributed by atoms with Crippen LogP contribution in [0.25, 0.3) is 0 Å². The van der Waals surface area contributed by atoms with Crippen LogP contribution < -0.4 is 11.1 Å². The van der Waals surface area contributed by atoms with Gasteiger partial charge in [-0.2, -0.15) is 0 Å². The summed E-state index contributed by atoms with van der Waals surface area (Å²) in [5.74, 6) is -4.72. The van der Waals surface area contributed by atoms with Gasteiger partial charge in [0.25, 0.3) is 11.8 Å². The molecule has 1 aromatic rings. The van der Waals surface area contributed by atoms with Gasteiger partial charge in [-0.15, -0.1) is 23.1 Å². The number of hydrogen-bond acceptors (Lipinski definition) is 12. The van der Waals surface area contributed by atoms with Gasteiger partial charge in [0.15, 0.2) is 10.8 Å². The molecule has 0 spiro atoms. The maximum absolute atomic E-state index is 12.8. The summed E-state index contributed by atoms with van der Waals surface area (Å²) >= 11 is 2.18. The molecule has 1 fully saturated rings. The van der Waals surface area contributed by atoms with Crippen molar-refractivity contribution < 1.29 is 43.8 Å². The number of ether oxygens (including phenoxy) is 1. The number of carboxylic acids is 2. The average Bonchev–Trinajstić information content (AvgIpc) is 3.17. The number of carboxylic acid groups (broad SMARTS) is 2. The SMILES string of the molecule is CC(=O)OCC1=C(C(=O)O)N2C(=O)[C@@H](NC(=O)/C(=N\OCC(=O)O)c3csc(N)n3)[C@H]2SC1.[NaH]. The Balaban J connectivity index is 0.00000408. The number of fused-ring (bicyclic) bond motifs is 1. The number of aliphatic carboxylic acids is 2. The third-order valence-corrected chi connectivity index (χ3v) is 6.32. The zero-order valence-electron chi connectivity index (χ0n) is 16.8. The number of carbonyl (C=O) groups is 5. The van der Waals surface area contributed by atoms with Gasteiger partial charge < -0.3 is 30.8 Å². The first kappa shape index (κ1) is 27.6. The molecule has 34 heavy (non-hydrogen) atoms. The van der Waals surface area contributed by atoms with E-state index in [1.807, 2.05) is 0 Å². The Labute approximate surface area is 221 Å². The van der Waals surface area contributed by atoms with Crippen LogP contribution in [0, 0.1) is 0 Å². The molecule has 17 heteroatoms. The first-order valence-electron chi connectivity index (χ1n) is 9.07. The summed E-state index contributed by atoms with van der Waals surface area (Å²) in [4.78, 5) is 68.5. The Morgan fingerprint density at radius 2 is 2.06 bits per heavy atom. The van der Waals surface area contributed by atoms with E-state index < -0.39 is 53.5 Å². The molecule has 0 aliphatic carbocycles. The van der Waals surface area contributed by atoms with Crippen LogP contribution in [0.2, 0.25) is 0 Å². The number of nitrogens with zero attached hydrogens (tertiary/aromatic N) is 3. The molecule has 2 atom stereocenters. The number of nitrogens with two attached hydrogens (primary N) is 1. The maximum atomic E-state index is 12.8. The van der Waals surface area contributed by atoms with E-state index in [2.05, 4.69) is 20.3 Å². The van der Waals surface area contributed by atoms with Crippen LogP contribution in [0.3, 0.4) is 0 Å². The van der Waals surface area contributed by atoms with E-state index in [4.69, 9.17) is 15.6 Å². The molecule has 2 amide bonds. The van der Waals surface area contributed by atoms with E-state index in [1.54, 1.807) is 0 Å². The van der Waals surface area contributed by atoms with Crippen LogP contribution in [0.1, 0.15) is 12.6 Å². The van der Waals surface area contributed by atoms with Crippen molar-refractivity contribution in [3.8, 4) is 0 Å². The summed E-state index contributed by atoms with van der Waals surface area (Å²) < 4.78 is 4.86. The van der Waals surface area contributed by atoms with Crippen molar-refractivity contribution in [3.05, 3.63) is 22.3 Å². The summed E-state index contributed by atoms with van der Waals surface area (Å²) in [6, 6.07) is -1.09. The molecule has 2 aliphatic heterocycles. The summed E-state index contributed by atoms with van der Waals surface area (Å²) in [6.07, 6.45) is 0. The number of nitrogens with one attached hydrogen (secondary N) is 1. The number of thioether (sulfide) groups is 1. The quantitative estimate of drug-likeness (QED) is 0.0927. The van der Waals surface area contributed by atoms with E-state index in [9.17, 15) is 29.1 Å². The van der Waals surface area contributed by atoms with Crippen molar-refractivity contribution in [1.82, 2.24) is 15.2 Å². The molecule has 0 radical (unpaired) electrons. The number of anilines is 1. The molecule has 3 heterocycles. The number of carbonyl (C=O) groups excluding carboxylic acids is 3. The summed E-state index contributed by atoms with van der Waals surface area (Å²) in [5.41, 5.74) is 5.12. The second kappa shape index (κ2) is 11.7. The molecule has 1 saturated heterocycles. The van der Waals surface area contributed by atoms with Crippen molar-refractivity contribution in [2.75, 3.05) is 24.7 Å². The second-order valence-corrected chi connectivity index (χ2v) is 8.57. The van der Waals surface area contributed by atoms with Gasteiger partial charge in [0.1, 0.15) is 29.4 Å². The number of oxime groups is 1. The van der Waals surface area contributed by atoms with E-state index in [0.29, 0.717) is 0 Å². The summed E-state index contributed by atoms with van der Waals surface area (Å²) in [5, 5.41) is 25.0. The number of aromatic nitrogens is 1. The van der Waals surface area contributed by atoms with Gasteiger partial charge in [0.2, 0.25) is 6.61 Å². The van der Waals surface area contributed by atoms with Crippen LogP contribution in [0.4, 0.5) is 5.13 Å². The Hall–Kier alpha value is -2.66. The van der Waals surface area contributed by atoms with Gasteiger partial charge in [0.05, 0.1) is 0 Å². The second-order valence-electron chi connectivity index (χ2n) is 6.58. The monoisotopic (exact) mass is 523 g/mol. The molecule has 3 rings (SSSR count). The standard InChI is InChI=1S/C17H17N5O9S2.Na.H/c1-6(23)30-2-7-4-32-15-11(14(27)22(15)12(7)16(28)29)20-13(26)10(21-31-3-9(24)25)8-5-33-17(18)19-8;;/h5,11,15H,2-4H2,1H3,(H2,18,19)(H,20,26)(H,24,25)(H,28,29);;/b21-10-;;/t11-,15-;;/m1../s1. The first-order chi connectivity index (χ1) is 15.6. The molecule has 1 aromatic heterocycles. The Kier molecular flexibility index (Phi) is 9.45. The normalized spacial score (nSPS) is 19.4. The van der Waals surface area contributed by atoms with E-state index in [1.165, 1.54) is 24.1 Å². The van der Waals surface area contributed by atoms with Gasteiger partial charge in [-0.05, 0) is 0 Å². The Bertz CT molecular complexity index is 1090. The number of esters is 1. The van der Waals surface area contributed by atoms with Crippen molar-refractivity contribution in [2.24, 2.45) is 5.16 Å². The fourth-order valence-corrected chi connectivity index (χ4v) is 4.82. The molecule has 0 saturated carbocycles. The molecular formula is C17H18N5NaO9S2. The zero-order valence-corrected chi connectivity index (χ0v) is 18.5. The third kappa shape index (κ3) is 6.06. The van der Waals surface area contributed by atoms with Crippen LogP contribution in [0.5, 0.6) is 0 Å². The van der Waals surface area contributed by atoms with E-state index >= 15 is 0 Å². The Morgan fingerprint density at radius 1 is 1.35 bits per heavy atom. The van der Waals surface area contributed by atoms with Gasteiger partial charge >= 0.3 is 47.5 Å². The topological polar surface area (TPSA) is 211 Å². The predicted molar refractivity (Wildman–Crippen MR) is 120 cm³/mol. The number of thiazole rings is 1. The number of amides is 2. The molecule has 14 nitrogen and oxygen atoms in total. The van der Waals surface area contributed by atoms with Crippen molar-refractivity contribution in [3.63, 3.8) is 0 Å². The fourth-order valence-electron chi connectivity index (χ4n) is 2.95. The van der Waals surface area contributed by atoms with Crippen LogP contribution in [0.15, 0.2) is 21.8 Å². The van der Waals surface area contributed by atoms with Gasteiger partial charge in [-0.3, -0.25) is 19.3 Å². The van der Waals surface area contributed by atoms with Crippen molar-refractivity contribution >= 4 is 93.2 Å². The molecular weight excluding hydrogens is 505 g/mol. The predicted octanol–water partition coefficient (Wildman–Crippen LogP) is -1.82. The Morgan fingerprint density at radius 3 is 2.62 bits per heavy atom. The van der Waals surface area contributed by atoms with E-state index in [-0.39, 0.29) is 64.0 Å².